The van der Waals surface area contributed by atoms with Crippen molar-refractivity contribution in [3.8, 4) is 11.3 Å². The Morgan fingerprint density at radius 2 is 1.97 bits per heavy atom. The van der Waals surface area contributed by atoms with Crippen LogP contribution in [0.3, 0.4) is 0 Å². The van der Waals surface area contributed by atoms with Crippen molar-refractivity contribution in [3.63, 3.8) is 0 Å². The maximum absolute atomic E-state index is 13.6. The zero-order valence-electron chi connectivity index (χ0n) is 15.8. The van der Waals surface area contributed by atoms with Crippen LogP contribution in [0.1, 0.15) is 33.9 Å². The minimum Gasteiger partial charge on any atom is -0.346 e. The highest BCUT2D eigenvalue weighted by Gasteiger charge is 2.21. The van der Waals surface area contributed by atoms with E-state index in [-0.39, 0.29) is 23.4 Å². The van der Waals surface area contributed by atoms with Crippen LogP contribution in [0.4, 0.5) is 8.78 Å². The molecule has 1 aromatic carbocycles. The lowest BCUT2D eigenvalue weighted by Gasteiger charge is -2.09. The summed E-state index contributed by atoms with van der Waals surface area (Å²) in [6.07, 6.45) is -1.51. The molecule has 0 bridgehead atoms. The number of fused-ring (bicyclic) bond motifs is 1. The zero-order valence-corrected chi connectivity index (χ0v) is 15.8. The van der Waals surface area contributed by atoms with Gasteiger partial charge in [0.1, 0.15) is 11.3 Å². The van der Waals surface area contributed by atoms with Crippen LogP contribution in [0, 0.1) is 6.92 Å². The van der Waals surface area contributed by atoms with Crippen molar-refractivity contribution in [3.05, 3.63) is 71.3 Å². The number of carbonyl (C=O) groups is 1. The predicted molar refractivity (Wildman–Crippen MR) is 102 cm³/mol. The largest absolute Gasteiger partial charge is 0.346 e. The molecule has 3 heterocycles. The molecule has 0 saturated carbocycles. The molecular weight excluding hydrogens is 378 g/mol. The van der Waals surface area contributed by atoms with Gasteiger partial charge in [0.25, 0.3) is 12.3 Å². The molecule has 29 heavy (non-hydrogen) atoms. The fourth-order valence-corrected chi connectivity index (χ4v) is 3.15. The second kappa shape index (κ2) is 7.42. The van der Waals surface area contributed by atoms with E-state index >= 15 is 0 Å². The zero-order chi connectivity index (χ0) is 20.5. The van der Waals surface area contributed by atoms with Crippen LogP contribution in [-0.2, 0) is 13.6 Å². The Hall–Kier alpha value is -3.62. The fraction of sp³-hybridized carbons (Fsp3) is 0.200. The van der Waals surface area contributed by atoms with Crippen molar-refractivity contribution >= 4 is 11.6 Å². The first kappa shape index (κ1) is 18.7. The summed E-state index contributed by atoms with van der Waals surface area (Å²) in [5.74, 6) is -0.447. The Kier molecular flexibility index (Phi) is 4.79. The molecule has 0 aliphatic rings. The number of hydrogen-bond acceptors (Lipinski definition) is 4. The van der Waals surface area contributed by atoms with Crippen LogP contribution < -0.4 is 5.32 Å². The molecule has 1 amide bonds. The Morgan fingerprint density at radius 3 is 2.62 bits per heavy atom. The number of alkyl halides is 2. The third-order valence-corrected chi connectivity index (χ3v) is 4.57. The van der Waals surface area contributed by atoms with Gasteiger partial charge in [-0.2, -0.15) is 10.2 Å². The smallest absolute Gasteiger partial charge is 0.280 e. The Labute approximate surface area is 165 Å². The SMILES string of the molecule is Cc1cc(CNC(=O)c2cnn3c(C(F)F)cc(-c4ccccc4)nc23)n(C)n1. The van der Waals surface area contributed by atoms with Gasteiger partial charge in [-0.15, -0.1) is 0 Å². The molecule has 4 rings (SSSR count). The van der Waals surface area contributed by atoms with Gasteiger partial charge in [-0.3, -0.25) is 9.48 Å². The van der Waals surface area contributed by atoms with Gasteiger partial charge >= 0.3 is 0 Å². The van der Waals surface area contributed by atoms with E-state index in [1.54, 1.807) is 36.0 Å². The topological polar surface area (TPSA) is 77.1 Å². The number of aryl methyl sites for hydroxylation is 2. The highest BCUT2D eigenvalue weighted by Crippen LogP contribution is 2.26. The number of aromatic nitrogens is 5. The highest BCUT2D eigenvalue weighted by atomic mass is 19.3. The van der Waals surface area contributed by atoms with Gasteiger partial charge in [-0.05, 0) is 19.1 Å². The fourth-order valence-electron chi connectivity index (χ4n) is 3.15. The van der Waals surface area contributed by atoms with E-state index in [2.05, 4.69) is 20.5 Å². The van der Waals surface area contributed by atoms with Crippen LogP contribution in [-0.4, -0.2) is 30.3 Å². The quantitative estimate of drug-likeness (QED) is 0.562. The molecule has 0 spiro atoms. The number of nitrogens with zero attached hydrogens (tertiary/aromatic N) is 5. The summed E-state index contributed by atoms with van der Waals surface area (Å²) in [5, 5.41) is 11.0. The molecule has 0 aliphatic carbocycles. The lowest BCUT2D eigenvalue weighted by Crippen LogP contribution is -2.24. The average Bonchev–Trinajstić information content (AvgIpc) is 3.28. The summed E-state index contributed by atoms with van der Waals surface area (Å²) >= 11 is 0. The molecule has 4 aromatic rings. The van der Waals surface area contributed by atoms with Crippen molar-refractivity contribution in [2.75, 3.05) is 0 Å². The van der Waals surface area contributed by atoms with Crippen molar-refractivity contribution in [1.82, 2.24) is 29.7 Å². The number of nitrogens with one attached hydrogen (secondary N) is 1. The molecule has 1 N–H and O–H groups in total. The van der Waals surface area contributed by atoms with Crippen molar-refractivity contribution in [1.29, 1.82) is 0 Å². The lowest BCUT2D eigenvalue weighted by molar-refractivity contribution is 0.0951. The summed E-state index contributed by atoms with van der Waals surface area (Å²) in [6, 6.07) is 12.1. The number of benzene rings is 1. The molecule has 0 radical (unpaired) electrons. The van der Waals surface area contributed by atoms with Gasteiger partial charge in [-0.25, -0.2) is 18.3 Å². The standard InChI is InChI=1S/C20H18F2N6O/c1-12-8-14(27(2)26-12)10-23-20(29)15-11-24-28-17(18(21)22)9-16(25-19(15)28)13-6-4-3-5-7-13/h3-9,11,18H,10H2,1-2H3,(H,23,29). The molecule has 0 atom stereocenters. The first-order valence-electron chi connectivity index (χ1n) is 8.94. The van der Waals surface area contributed by atoms with Crippen molar-refractivity contribution < 1.29 is 13.6 Å². The Bertz CT molecular complexity index is 1180. The summed E-state index contributed by atoms with van der Waals surface area (Å²) in [6.45, 7) is 2.10. The Balaban J connectivity index is 1.72. The summed E-state index contributed by atoms with van der Waals surface area (Å²) in [5.41, 5.74) is 2.57. The molecule has 148 valence electrons. The van der Waals surface area contributed by atoms with Crippen LogP contribution >= 0.6 is 0 Å². The van der Waals surface area contributed by atoms with E-state index in [4.69, 9.17) is 0 Å². The van der Waals surface area contributed by atoms with Gasteiger partial charge < -0.3 is 5.32 Å². The van der Waals surface area contributed by atoms with Crippen LogP contribution in [0.5, 0.6) is 0 Å². The molecule has 7 nitrogen and oxygen atoms in total. The van der Waals surface area contributed by atoms with Crippen LogP contribution in [0.15, 0.2) is 48.7 Å². The van der Waals surface area contributed by atoms with Crippen LogP contribution in [0.25, 0.3) is 16.9 Å². The average molecular weight is 396 g/mol. The van der Waals surface area contributed by atoms with E-state index in [0.29, 0.717) is 11.3 Å². The first-order chi connectivity index (χ1) is 13.9. The maximum Gasteiger partial charge on any atom is 0.280 e. The number of rotatable bonds is 5. The highest BCUT2D eigenvalue weighted by molar-refractivity contribution is 5.99. The van der Waals surface area contributed by atoms with E-state index in [1.807, 2.05) is 19.1 Å². The second-order valence-corrected chi connectivity index (χ2v) is 6.61. The predicted octanol–water partition coefficient (Wildman–Crippen LogP) is 3.31. The Morgan fingerprint density at radius 1 is 1.21 bits per heavy atom. The molecule has 3 aromatic heterocycles. The maximum atomic E-state index is 13.6. The van der Waals surface area contributed by atoms with Crippen molar-refractivity contribution in [2.45, 2.75) is 19.9 Å². The third-order valence-electron chi connectivity index (χ3n) is 4.57. The van der Waals surface area contributed by atoms with Crippen molar-refractivity contribution in [2.24, 2.45) is 7.05 Å². The first-order valence-corrected chi connectivity index (χ1v) is 8.94. The minimum atomic E-state index is -2.77. The second-order valence-electron chi connectivity index (χ2n) is 6.61. The normalized spacial score (nSPS) is 11.3. The number of hydrogen-bond donors (Lipinski definition) is 1. The van der Waals surface area contributed by atoms with E-state index in [0.717, 1.165) is 15.9 Å². The molecule has 0 aliphatic heterocycles. The summed E-state index contributed by atoms with van der Waals surface area (Å²) in [4.78, 5) is 17.2. The van der Waals surface area contributed by atoms with Gasteiger partial charge in [0.05, 0.1) is 29.8 Å². The molecular formula is C20H18F2N6O. The van der Waals surface area contributed by atoms with E-state index in [9.17, 15) is 13.6 Å². The third kappa shape index (κ3) is 3.58. The number of amides is 1. The van der Waals surface area contributed by atoms with Gasteiger partial charge in [0, 0.05) is 12.6 Å². The van der Waals surface area contributed by atoms with Gasteiger partial charge in [-0.1, -0.05) is 30.3 Å². The summed E-state index contributed by atoms with van der Waals surface area (Å²) in [7, 11) is 1.78. The molecule has 0 saturated heterocycles. The monoisotopic (exact) mass is 396 g/mol. The summed E-state index contributed by atoms with van der Waals surface area (Å²) < 4.78 is 29.9. The molecule has 0 fully saturated rings. The van der Waals surface area contributed by atoms with Crippen LogP contribution in [0.2, 0.25) is 0 Å². The number of carbonyl (C=O) groups excluding carboxylic acids is 1. The minimum absolute atomic E-state index is 0.0836. The lowest BCUT2D eigenvalue weighted by atomic mass is 10.1. The molecule has 0 unspecified atom stereocenters. The number of halogens is 2. The van der Waals surface area contributed by atoms with E-state index in [1.165, 1.54) is 12.3 Å². The van der Waals surface area contributed by atoms with Gasteiger partial charge in [0.2, 0.25) is 0 Å². The molecule has 9 heteroatoms. The van der Waals surface area contributed by atoms with E-state index < -0.39 is 12.3 Å². The van der Waals surface area contributed by atoms with Gasteiger partial charge in [0.15, 0.2) is 5.65 Å².